The summed E-state index contributed by atoms with van der Waals surface area (Å²) in [5, 5.41) is 0. The van der Waals surface area contributed by atoms with E-state index in [4.69, 9.17) is 4.74 Å². The fourth-order valence-corrected chi connectivity index (χ4v) is 2.52. The highest BCUT2D eigenvalue weighted by atomic mass is 16.5. The van der Waals surface area contributed by atoms with E-state index in [1.54, 1.807) is 6.08 Å². The van der Waals surface area contributed by atoms with Crippen molar-refractivity contribution in [2.24, 2.45) is 4.99 Å². The average molecular weight is 215 g/mol. The van der Waals surface area contributed by atoms with E-state index in [0.29, 0.717) is 0 Å². The van der Waals surface area contributed by atoms with Crippen molar-refractivity contribution in [3.8, 4) is 5.75 Å². The summed E-state index contributed by atoms with van der Waals surface area (Å²) in [6, 6.07) is 6.22. The summed E-state index contributed by atoms with van der Waals surface area (Å²) in [6.07, 6.45) is 5.72. The molecule has 0 bridgehead atoms. The van der Waals surface area contributed by atoms with Crippen molar-refractivity contribution in [3.05, 3.63) is 29.3 Å². The van der Waals surface area contributed by atoms with Gasteiger partial charge in [0.1, 0.15) is 5.75 Å². The molecule has 0 unspecified atom stereocenters. The van der Waals surface area contributed by atoms with Crippen LogP contribution in [0, 0.1) is 0 Å². The van der Waals surface area contributed by atoms with E-state index >= 15 is 0 Å². The lowest BCUT2D eigenvalue weighted by atomic mass is 9.72. The van der Waals surface area contributed by atoms with Gasteiger partial charge in [0.05, 0.1) is 12.1 Å². The van der Waals surface area contributed by atoms with Crippen molar-refractivity contribution in [1.82, 2.24) is 0 Å². The van der Waals surface area contributed by atoms with Gasteiger partial charge in [0.15, 0.2) is 0 Å². The first-order valence-corrected chi connectivity index (χ1v) is 5.69. The van der Waals surface area contributed by atoms with Crippen LogP contribution in [-0.4, -0.2) is 12.7 Å². The van der Waals surface area contributed by atoms with Crippen molar-refractivity contribution in [3.63, 3.8) is 0 Å². The standard InChI is InChI=1S/C13H13NO2/c15-9-14-13(5-1-6-13)11-3-2-10-4-7-16-12(10)8-11/h2-3,8H,1,4-7H2. The van der Waals surface area contributed by atoms with Gasteiger partial charge in [-0.1, -0.05) is 12.1 Å². The molecule has 1 saturated carbocycles. The van der Waals surface area contributed by atoms with Crippen molar-refractivity contribution < 1.29 is 9.53 Å². The largest absolute Gasteiger partial charge is 0.493 e. The van der Waals surface area contributed by atoms with E-state index < -0.39 is 0 Å². The molecule has 0 amide bonds. The van der Waals surface area contributed by atoms with Gasteiger partial charge in [-0.3, -0.25) is 0 Å². The van der Waals surface area contributed by atoms with Gasteiger partial charge in [0, 0.05) is 6.42 Å². The summed E-state index contributed by atoms with van der Waals surface area (Å²) in [5.41, 5.74) is 2.05. The molecule has 1 aromatic rings. The third-order valence-electron chi connectivity index (χ3n) is 3.67. The Balaban J connectivity index is 2.03. The number of aliphatic imine (C=N–C) groups is 1. The molecule has 0 spiro atoms. The Bertz CT molecular complexity index is 471. The maximum absolute atomic E-state index is 10.5. The van der Waals surface area contributed by atoms with Crippen LogP contribution in [0.5, 0.6) is 5.75 Å². The summed E-state index contributed by atoms with van der Waals surface area (Å²) >= 11 is 0. The number of isocyanates is 1. The van der Waals surface area contributed by atoms with Crippen LogP contribution < -0.4 is 4.74 Å². The van der Waals surface area contributed by atoms with Crippen LogP contribution in [0.1, 0.15) is 30.4 Å². The molecule has 1 fully saturated rings. The minimum atomic E-state index is -0.303. The molecule has 16 heavy (non-hydrogen) atoms. The zero-order valence-electron chi connectivity index (χ0n) is 9.03. The van der Waals surface area contributed by atoms with Crippen molar-refractivity contribution >= 4 is 6.08 Å². The molecule has 1 aromatic carbocycles. The molecule has 0 atom stereocenters. The zero-order valence-corrected chi connectivity index (χ0v) is 9.03. The van der Waals surface area contributed by atoms with E-state index in [9.17, 15) is 4.79 Å². The monoisotopic (exact) mass is 215 g/mol. The number of ether oxygens (including phenoxy) is 1. The maximum atomic E-state index is 10.5. The first-order chi connectivity index (χ1) is 7.84. The molecule has 2 aliphatic rings. The van der Waals surface area contributed by atoms with Crippen LogP contribution in [0.15, 0.2) is 23.2 Å². The molecule has 0 saturated heterocycles. The molecular weight excluding hydrogens is 202 g/mol. The number of hydrogen-bond acceptors (Lipinski definition) is 3. The van der Waals surface area contributed by atoms with E-state index in [2.05, 4.69) is 17.1 Å². The van der Waals surface area contributed by atoms with Crippen LogP contribution in [0.3, 0.4) is 0 Å². The number of rotatable bonds is 2. The van der Waals surface area contributed by atoms with Gasteiger partial charge in [-0.2, -0.15) is 4.99 Å². The number of nitrogens with zero attached hydrogens (tertiary/aromatic N) is 1. The Morgan fingerprint density at radius 2 is 2.25 bits per heavy atom. The summed E-state index contributed by atoms with van der Waals surface area (Å²) in [5.74, 6) is 0.963. The molecule has 0 N–H and O–H groups in total. The predicted octanol–water partition coefficient (Wildman–Crippen LogP) is 2.34. The molecule has 82 valence electrons. The minimum absolute atomic E-state index is 0.303. The Morgan fingerprint density at radius 3 is 2.94 bits per heavy atom. The SMILES string of the molecule is O=C=NC1(c2ccc3c(c2)OCC3)CCC1. The van der Waals surface area contributed by atoms with Gasteiger partial charge in [0.25, 0.3) is 0 Å². The van der Waals surface area contributed by atoms with Crippen LogP contribution >= 0.6 is 0 Å². The number of hydrogen-bond donors (Lipinski definition) is 0. The molecule has 3 rings (SSSR count). The molecule has 1 aliphatic carbocycles. The summed E-state index contributed by atoms with van der Waals surface area (Å²) in [6.45, 7) is 0.767. The second-order valence-electron chi connectivity index (χ2n) is 4.51. The molecular formula is C13H13NO2. The smallest absolute Gasteiger partial charge is 0.235 e. The zero-order chi connectivity index (χ0) is 11.0. The van der Waals surface area contributed by atoms with Crippen LogP contribution in [-0.2, 0) is 16.8 Å². The highest BCUT2D eigenvalue weighted by molar-refractivity contribution is 5.45. The van der Waals surface area contributed by atoms with E-state index in [1.807, 2.05) is 6.07 Å². The lowest BCUT2D eigenvalue weighted by Gasteiger charge is -2.37. The van der Waals surface area contributed by atoms with Gasteiger partial charge < -0.3 is 4.74 Å². The average Bonchev–Trinajstić information content (AvgIpc) is 2.70. The van der Waals surface area contributed by atoms with Crippen LogP contribution in [0.4, 0.5) is 0 Å². The third-order valence-corrected chi connectivity index (χ3v) is 3.67. The second kappa shape index (κ2) is 3.46. The number of carbonyl (C=O) groups excluding carboxylic acids is 1. The van der Waals surface area contributed by atoms with Gasteiger partial charge in [0.2, 0.25) is 6.08 Å². The Labute approximate surface area is 94.1 Å². The first-order valence-electron chi connectivity index (χ1n) is 5.69. The molecule has 0 radical (unpaired) electrons. The van der Waals surface area contributed by atoms with E-state index in [0.717, 1.165) is 43.6 Å². The van der Waals surface area contributed by atoms with Crippen LogP contribution in [0.2, 0.25) is 0 Å². The summed E-state index contributed by atoms with van der Waals surface area (Å²) in [4.78, 5) is 14.5. The fraction of sp³-hybridized carbons (Fsp3) is 0.462. The summed E-state index contributed by atoms with van der Waals surface area (Å²) in [7, 11) is 0. The van der Waals surface area contributed by atoms with Crippen molar-refractivity contribution in [2.75, 3.05) is 6.61 Å². The molecule has 1 heterocycles. The van der Waals surface area contributed by atoms with Crippen molar-refractivity contribution in [2.45, 2.75) is 31.2 Å². The lowest BCUT2D eigenvalue weighted by molar-refractivity contribution is 0.255. The Kier molecular flexibility index (Phi) is 2.08. The summed E-state index contributed by atoms with van der Waals surface area (Å²) < 4.78 is 5.54. The second-order valence-corrected chi connectivity index (χ2v) is 4.51. The quantitative estimate of drug-likeness (QED) is 0.561. The van der Waals surface area contributed by atoms with Gasteiger partial charge in [-0.15, -0.1) is 0 Å². The minimum Gasteiger partial charge on any atom is -0.493 e. The normalized spacial score (nSPS) is 20.2. The van der Waals surface area contributed by atoms with Crippen LogP contribution in [0.25, 0.3) is 0 Å². The topological polar surface area (TPSA) is 38.7 Å². The van der Waals surface area contributed by atoms with Gasteiger partial charge in [-0.25, -0.2) is 4.79 Å². The lowest BCUT2D eigenvalue weighted by Crippen LogP contribution is -2.31. The highest BCUT2D eigenvalue weighted by Gasteiger charge is 2.39. The first kappa shape index (κ1) is 9.61. The molecule has 3 heteroatoms. The number of benzene rings is 1. The third kappa shape index (κ3) is 1.29. The van der Waals surface area contributed by atoms with Gasteiger partial charge >= 0.3 is 0 Å². The van der Waals surface area contributed by atoms with E-state index in [1.165, 1.54) is 5.56 Å². The molecule has 1 aliphatic heterocycles. The maximum Gasteiger partial charge on any atom is 0.235 e. The van der Waals surface area contributed by atoms with Crippen molar-refractivity contribution in [1.29, 1.82) is 0 Å². The van der Waals surface area contributed by atoms with E-state index in [-0.39, 0.29) is 5.54 Å². The highest BCUT2D eigenvalue weighted by Crippen LogP contribution is 2.46. The molecule has 3 nitrogen and oxygen atoms in total. The fourth-order valence-electron chi connectivity index (χ4n) is 2.52. The Morgan fingerprint density at radius 1 is 1.38 bits per heavy atom. The predicted molar refractivity (Wildman–Crippen MR) is 59.3 cm³/mol. The number of fused-ring (bicyclic) bond motifs is 1. The Hall–Kier alpha value is -1.60. The molecule has 0 aromatic heterocycles. The van der Waals surface area contributed by atoms with Gasteiger partial charge in [-0.05, 0) is 36.5 Å².